The van der Waals surface area contributed by atoms with Gasteiger partial charge in [-0.1, -0.05) is 18.2 Å². The van der Waals surface area contributed by atoms with E-state index in [4.69, 9.17) is 4.74 Å². The molecular formula is C19H24N2O5. The molecule has 3 rings (SSSR count). The van der Waals surface area contributed by atoms with Crippen LogP contribution in [0.1, 0.15) is 30.1 Å². The third kappa shape index (κ3) is 2.86. The summed E-state index contributed by atoms with van der Waals surface area (Å²) in [6.45, 7) is 2.70. The normalized spacial score (nSPS) is 24.8. The number of likely N-dealkylation sites (tertiary alicyclic amines) is 2. The lowest BCUT2D eigenvalue weighted by Gasteiger charge is -2.45. The van der Waals surface area contributed by atoms with Gasteiger partial charge in [-0.25, -0.2) is 0 Å². The van der Waals surface area contributed by atoms with Crippen LogP contribution in [0.25, 0.3) is 0 Å². The summed E-state index contributed by atoms with van der Waals surface area (Å²) in [5.74, 6) is -2.01. The zero-order valence-electron chi connectivity index (χ0n) is 15.1. The van der Waals surface area contributed by atoms with Gasteiger partial charge < -0.3 is 19.6 Å². The third-order valence-electron chi connectivity index (χ3n) is 5.62. The van der Waals surface area contributed by atoms with Gasteiger partial charge in [-0.15, -0.1) is 0 Å². The first kappa shape index (κ1) is 18.4. The van der Waals surface area contributed by atoms with Crippen LogP contribution in [-0.4, -0.2) is 71.1 Å². The maximum Gasteiger partial charge on any atom is 0.314 e. The highest BCUT2D eigenvalue weighted by Crippen LogP contribution is 2.43. The molecule has 0 saturated carbocycles. The smallest absolute Gasteiger partial charge is 0.314 e. The Bertz CT molecular complexity index is 697. The van der Waals surface area contributed by atoms with Crippen LogP contribution < -0.4 is 0 Å². The van der Waals surface area contributed by atoms with Crippen molar-refractivity contribution >= 4 is 17.8 Å². The van der Waals surface area contributed by atoms with Crippen molar-refractivity contribution in [3.05, 3.63) is 35.9 Å². The molecule has 1 aromatic rings. The van der Waals surface area contributed by atoms with E-state index in [2.05, 4.69) is 0 Å². The van der Waals surface area contributed by atoms with Crippen molar-refractivity contribution in [2.75, 3.05) is 26.7 Å². The summed E-state index contributed by atoms with van der Waals surface area (Å²) in [6.07, 6.45) is -0.543. The van der Waals surface area contributed by atoms with Crippen LogP contribution in [0.5, 0.6) is 0 Å². The fourth-order valence-corrected chi connectivity index (χ4v) is 4.15. The highest BCUT2D eigenvalue weighted by Gasteiger charge is 2.61. The second-order valence-corrected chi connectivity index (χ2v) is 6.83. The standard InChI is InChI=1S/C19H24N2O5/c1-3-26-18(25)14-15(22)17(24)20(2)19(14)9-11-21(12-10-19)16(23)13-7-5-4-6-8-13/h4-8,14-15,22H,3,9-12H2,1-2H3/t14-,15+/m0/s1. The van der Waals surface area contributed by atoms with Crippen LogP contribution >= 0.6 is 0 Å². The monoisotopic (exact) mass is 360 g/mol. The number of benzene rings is 1. The molecule has 1 aromatic carbocycles. The van der Waals surface area contributed by atoms with Crippen LogP contribution in [-0.2, 0) is 14.3 Å². The average Bonchev–Trinajstić information content (AvgIpc) is 2.84. The lowest BCUT2D eigenvalue weighted by atomic mass is 9.76. The molecule has 140 valence electrons. The van der Waals surface area contributed by atoms with Gasteiger partial charge in [0.2, 0.25) is 0 Å². The van der Waals surface area contributed by atoms with Gasteiger partial charge in [0.15, 0.2) is 0 Å². The molecule has 0 aromatic heterocycles. The van der Waals surface area contributed by atoms with Gasteiger partial charge in [0.25, 0.3) is 11.8 Å². The number of hydrogen-bond acceptors (Lipinski definition) is 5. The first-order chi connectivity index (χ1) is 12.4. The van der Waals surface area contributed by atoms with Crippen molar-refractivity contribution in [1.82, 2.24) is 9.80 Å². The molecule has 0 bridgehead atoms. The number of esters is 1. The summed E-state index contributed by atoms with van der Waals surface area (Å²) in [7, 11) is 1.61. The van der Waals surface area contributed by atoms with E-state index in [0.29, 0.717) is 31.5 Å². The molecule has 0 radical (unpaired) electrons. The number of ether oxygens (including phenoxy) is 1. The van der Waals surface area contributed by atoms with Gasteiger partial charge in [0.1, 0.15) is 12.0 Å². The predicted octanol–water partition coefficient (Wildman–Crippen LogP) is 0.674. The van der Waals surface area contributed by atoms with Gasteiger partial charge in [0.05, 0.1) is 12.1 Å². The van der Waals surface area contributed by atoms with Crippen molar-refractivity contribution < 1.29 is 24.2 Å². The van der Waals surface area contributed by atoms with E-state index in [9.17, 15) is 19.5 Å². The molecule has 7 heteroatoms. The van der Waals surface area contributed by atoms with Gasteiger partial charge in [-0.05, 0) is 31.9 Å². The zero-order valence-corrected chi connectivity index (χ0v) is 15.1. The predicted molar refractivity (Wildman–Crippen MR) is 93.2 cm³/mol. The number of carbonyl (C=O) groups is 3. The number of carbonyl (C=O) groups excluding carboxylic acids is 3. The number of amides is 2. The number of rotatable bonds is 3. The molecule has 2 fully saturated rings. The molecule has 2 aliphatic heterocycles. The first-order valence-corrected chi connectivity index (χ1v) is 8.89. The van der Waals surface area contributed by atoms with Crippen molar-refractivity contribution in [2.24, 2.45) is 5.92 Å². The van der Waals surface area contributed by atoms with E-state index < -0.39 is 29.4 Å². The Kier molecular flexibility index (Phi) is 5.00. The maximum absolute atomic E-state index is 12.6. The molecule has 0 unspecified atom stereocenters. The molecular weight excluding hydrogens is 336 g/mol. The highest BCUT2D eigenvalue weighted by molar-refractivity contribution is 5.95. The summed E-state index contributed by atoms with van der Waals surface area (Å²) >= 11 is 0. The summed E-state index contributed by atoms with van der Waals surface area (Å²) in [5.41, 5.74) is -0.197. The fraction of sp³-hybridized carbons (Fsp3) is 0.526. The van der Waals surface area contributed by atoms with E-state index in [1.807, 2.05) is 18.2 Å². The lowest BCUT2D eigenvalue weighted by molar-refractivity contribution is -0.155. The summed E-state index contributed by atoms with van der Waals surface area (Å²) in [5, 5.41) is 10.3. The van der Waals surface area contributed by atoms with E-state index in [1.54, 1.807) is 31.0 Å². The summed E-state index contributed by atoms with van der Waals surface area (Å²) in [6, 6.07) is 9.02. The minimum absolute atomic E-state index is 0.0688. The molecule has 2 atom stereocenters. The minimum Gasteiger partial charge on any atom is -0.466 e. The van der Waals surface area contributed by atoms with Gasteiger partial charge >= 0.3 is 5.97 Å². The number of likely N-dealkylation sites (N-methyl/N-ethyl adjacent to an activating group) is 1. The fourth-order valence-electron chi connectivity index (χ4n) is 4.15. The topological polar surface area (TPSA) is 87.2 Å². The summed E-state index contributed by atoms with van der Waals surface area (Å²) < 4.78 is 5.11. The second-order valence-electron chi connectivity index (χ2n) is 6.83. The van der Waals surface area contributed by atoms with Crippen molar-refractivity contribution in [1.29, 1.82) is 0 Å². The zero-order chi connectivity index (χ0) is 18.9. The van der Waals surface area contributed by atoms with Gasteiger partial charge in [-0.2, -0.15) is 0 Å². The molecule has 2 saturated heterocycles. The molecule has 7 nitrogen and oxygen atoms in total. The van der Waals surface area contributed by atoms with Crippen LogP contribution in [0.4, 0.5) is 0 Å². The van der Waals surface area contributed by atoms with E-state index in [-0.39, 0.29) is 12.5 Å². The largest absolute Gasteiger partial charge is 0.466 e. The molecule has 2 amide bonds. The second kappa shape index (κ2) is 7.07. The Morgan fingerprint density at radius 1 is 1.23 bits per heavy atom. The number of hydrogen-bond donors (Lipinski definition) is 1. The van der Waals surface area contributed by atoms with Crippen LogP contribution in [0.15, 0.2) is 30.3 Å². The molecule has 2 aliphatic rings. The Morgan fingerprint density at radius 2 is 1.85 bits per heavy atom. The number of aliphatic hydroxyl groups is 1. The Labute approximate surface area is 152 Å². The van der Waals surface area contributed by atoms with Crippen LogP contribution in [0.2, 0.25) is 0 Å². The SMILES string of the molecule is CCOC(=O)[C@@H]1[C@@H](O)C(=O)N(C)C12CCN(C(=O)c1ccccc1)CC2. The molecule has 1 spiro atoms. The van der Waals surface area contributed by atoms with Gasteiger partial charge in [0, 0.05) is 25.7 Å². The Balaban J connectivity index is 1.79. The molecule has 1 N–H and O–H groups in total. The highest BCUT2D eigenvalue weighted by atomic mass is 16.5. The molecule has 26 heavy (non-hydrogen) atoms. The van der Waals surface area contributed by atoms with E-state index in [1.165, 1.54) is 4.90 Å². The quantitative estimate of drug-likeness (QED) is 0.801. The maximum atomic E-state index is 12.6. The Hall–Kier alpha value is -2.41. The molecule has 0 aliphatic carbocycles. The third-order valence-corrected chi connectivity index (χ3v) is 5.62. The van der Waals surface area contributed by atoms with Crippen LogP contribution in [0, 0.1) is 5.92 Å². The van der Waals surface area contributed by atoms with Crippen LogP contribution in [0.3, 0.4) is 0 Å². The van der Waals surface area contributed by atoms with Crippen molar-refractivity contribution in [2.45, 2.75) is 31.4 Å². The van der Waals surface area contributed by atoms with Crippen molar-refractivity contribution in [3.63, 3.8) is 0 Å². The number of aliphatic hydroxyl groups excluding tert-OH is 1. The number of piperidine rings is 1. The number of nitrogens with zero attached hydrogens (tertiary/aromatic N) is 2. The van der Waals surface area contributed by atoms with E-state index >= 15 is 0 Å². The van der Waals surface area contributed by atoms with Gasteiger partial charge in [-0.3, -0.25) is 14.4 Å². The molecule has 2 heterocycles. The van der Waals surface area contributed by atoms with E-state index in [0.717, 1.165) is 0 Å². The lowest BCUT2D eigenvalue weighted by Crippen LogP contribution is -2.57. The average molecular weight is 360 g/mol. The Morgan fingerprint density at radius 3 is 2.42 bits per heavy atom. The minimum atomic E-state index is -1.39. The first-order valence-electron chi connectivity index (χ1n) is 8.89. The summed E-state index contributed by atoms with van der Waals surface area (Å²) in [4.78, 5) is 40.6. The van der Waals surface area contributed by atoms with Crippen molar-refractivity contribution in [3.8, 4) is 0 Å².